The number of benzene rings is 2. The van der Waals surface area contributed by atoms with Gasteiger partial charge in [-0.1, -0.05) is 66.4 Å². The third-order valence-electron chi connectivity index (χ3n) is 5.06. The van der Waals surface area contributed by atoms with Crippen LogP contribution in [0.3, 0.4) is 0 Å². The Hall–Kier alpha value is -2.16. The highest BCUT2D eigenvalue weighted by Crippen LogP contribution is 2.41. The molecule has 6 nitrogen and oxygen atoms in total. The van der Waals surface area contributed by atoms with E-state index in [1.165, 1.54) is 18.7 Å². The van der Waals surface area contributed by atoms with Crippen molar-refractivity contribution in [2.75, 3.05) is 13.2 Å². The molecule has 7 heteroatoms. The number of fused-ring (bicyclic) bond motifs is 1. The van der Waals surface area contributed by atoms with E-state index >= 15 is 0 Å². The summed E-state index contributed by atoms with van der Waals surface area (Å²) in [5.74, 6) is -0.399. The van der Waals surface area contributed by atoms with Crippen molar-refractivity contribution < 1.29 is 28.5 Å². The predicted octanol–water partition coefficient (Wildman–Crippen LogP) is 4.12. The van der Waals surface area contributed by atoms with Crippen LogP contribution in [0.4, 0.5) is 0 Å². The van der Waals surface area contributed by atoms with E-state index in [2.05, 4.69) is 6.58 Å². The first kappa shape index (κ1) is 22.0. The molecule has 2 aliphatic heterocycles. The van der Waals surface area contributed by atoms with Gasteiger partial charge in [-0.3, -0.25) is 4.79 Å². The first-order valence-corrected chi connectivity index (χ1v) is 11.1. The minimum Gasteiger partial charge on any atom is -0.456 e. The Labute approximate surface area is 186 Å². The zero-order chi connectivity index (χ0) is 21.6. The van der Waals surface area contributed by atoms with Gasteiger partial charge in [-0.05, 0) is 12.1 Å². The van der Waals surface area contributed by atoms with Crippen molar-refractivity contribution >= 4 is 17.7 Å². The maximum absolute atomic E-state index is 11.9. The van der Waals surface area contributed by atoms with Crippen molar-refractivity contribution in [3.05, 3.63) is 78.9 Å². The first-order valence-electron chi connectivity index (χ1n) is 10.2. The zero-order valence-corrected chi connectivity index (χ0v) is 18.1. The monoisotopic (exact) mass is 442 g/mol. The van der Waals surface area contributed by atoms with E-state index in [1.807, 2.05) is 60.7 Å². The second-order valence-corrected chi connectivity index (χ2v) is 8.48. The highest BCUT2D eigenvalue weighted by Gasteiger charge is 2.52. The van der Waals surface area contributed by atoms with Gasteiger partial charge >= 0.3 is 5.97 Å². The Balaban J connectivity index is 1.60. The minimum atomic E-state index is -0.654. The van der Waals surface area contributed by atoms with Gasteiger partial charge < -0.3 is 23.7 Å². The van der Waals surface area contributed by atoms with Crippen molar-refractivity contribution in [2.24, 2.45) is 0 Å². The van der Waals surface area contributed by atoms with E-state index in [0.29, 0.717) is 13.2 Å². The van der Waals surface area contributed by atoms with E-state index < -0.39 is 36.0 Å². The van der Waals surface area contributed by atoms with Gasteiger partial charge in [0.05, 0.1) is 13.2 Å². The molecular formula is C24H26O6S. The number of hydrogen-bond donors (Lipinski definition) is 0. The van der Waals surface area contributed by atoms with E-state index in [1.54, 1.807) is 6.08 Å². The molecule has 6 atom stereocenters. The van der Waals surface area contributed by atoms with Gasteiger partial charge in [-0.15, -0.1) is 6.58 Å². The highest BCUT2D eigenvalue weighted by atomic mass is 32.2. The van der Waals surface area contributed by atoms with E-state index in [9.17, 15) is 4.79 Å². The van der Waals surface area contributed by atoms with Crippen LogP contribution in [0.1, 0.15) is 18.8 Å². The van der Waals surface area contributed by atoms with E-state index in [-0.39, 0.29) is 6.10 Å². The first-order chi connectivity index (χ1) is 15.2. The summed E-state index contributed by atoms with van der Waals surface area (Å²) in [6.45, 7) is 5.78. The molecule has 2 heterocycles. The molecular weight excluding hydrogens is 416 g/mol. The lowest BCUT2D eigenvalue weighted by atomic mass is 9.98. The molecule has 0 spiro atoms. The molecule has 0 unspecified atom stereocenters. The molecule has 2 fully saturated rings. The normalized spacial score (nSPS) is 30.2. The number of ether oxygens (including phenoxy) is 5. The Morgan fingerprint density at radius 2 is 1.81 bits per heavy atom. The average molecular weight is 443 g/mol. The standard InChI is InChI=1S/C24H26O6S/c1-3-14-26-21-20-19(15-27-23(30-20)17-10-6-4-7-11-17)29-24(22(21)28-16(2)25)31-18-12-8-5-9-13-18/h3-13,19-24H,1,14-15H2,2H3/t19-,20-,21+,22-,23-,24+/m1/s1. The summed E-state index contributed by atoms with van der Waals surface area (Å²) >= 11 is 1.49. The number of esters is 1. The summed E-state index contributed by atoms with van der Waals surface area (Å²) in [5.41, 5.74) is 0.441. The highest BCUT2D eigenvalue weighted by molar-refractivity contribution is 7.99. The summed E-state index contributed by atoms with van der Waals surface area (Å²) < 4.78 is 30.4. The Kier molecular flexibility index (Phi) is 7.42. The number of carbonyl (C=O) groups is 1. The number of hydrogen-bond acceptors (Lipinski definition) is 7. The van der Waals surface area contributed by atoms with Crippen molar-refractivity contribution in [1.29, 1.82) is 0 Å². The van der Waals surface area contributed by atoms with Crippen LogP contribution < -0.4 is 0 Å². The van der Waals surface area contributed by atoms with E-state index in [4.69, 9.17) is 23.7 Å². The fraction of sp³-hybridized carbons (Fsp3) is 0.375. The van der Waals surface area contributed by atoms with Crippen LogP contribution in [0.2, 0.25) is 0 Å². The Bertz CT molecular complexity index is 861. The fourth-order valence-electron chi connectivity index (χ4n) is 3.74. The van der Waals surface area contributed by atoms with Crippen LogP contribution in [-0.4, -0.2) is 49.0 Å². The molecule has 164 valence electrons. The summed E-state index contributed by atoms with van der Waals surface area (Å²) in [6, 6.07) is 19.6. The minimum absolute atomic E-state index is 0.300. The van der Waals surface area contributed by atoms with Crippen LogP contribution in [0.25, 0.3) is 0 Å². The molecule has 2 saturated heterocycles. The third-order valence-corrected chi connectivity index (χ3v) is 6.22. The fourth-order valence-corrected chi connectivity index (χ4v) is 4.87. The van der Waals surface area contributed by atoms with Crippen molar-refractivity contribution in [1.82, 2.24) is 0 Å². The van der Waals surface area contributed by atoms with Gasteiger partial charge in [0, 0.05) is 17.4 Å². The van der Waals surface area contributed by atoms with Crippen molar-refractivity contribution in [3.63, 3.8) is 0 Å². The van der Waals surface area contributed by atoms with Crippen LogP contribution in [0, 0.1) is 0 Å². The quantitative estimate of drug-likeness (QED) is 0.472. The number of rotatable bonds is 7. The number of carbonyl (C=O) groups excluding carboxylic acids is 1. The topological polar surface area (TPSA) is 63.2 Å². The molecule has 2 aliphatic rings. The van der Waals surface area contributed by atoms with Gasteiger partial charge in [-0.25, -0.2) is 0 Å². The molecule has 0 aliphatic carbocycles. The molecule has 0 amide bonds. The van der Waals surface area contributed by atoms with Crippen LogP contribution in [0.15, 0.2) is 78.2 Å². The molecule has 4 rings (SSSR count). The summed E-state index contributed by atoms with van der Waals surface area (Å²) in [5, 5.41) is 0. The van der Waals surface area contributed by atoms with Crippen molar-refractivity contribution in [3.8, 4) is 0 Å². The lowest BCUT2D eigenvalue weighted by Crippen LogP contribution is -2.62. The third kappa shape index (κ3) is 5.37. The molecule has 31 heavy (non-hydrogen) atoms. The second-order valence-electron chi connectivity index (χ2n) is 7.31. The largest absolute Gasteiger partial charge is 0.456 e. The Morgan fingerprint density at radius 3 is 2.48 bits per heavy atom. The molecule has 0 saturated carbocycles. The maximum Gasteiger partial charge on any atom is 0.303 e. The average Bonchev–Trinajstić information content (AvgIpc) is 2.79. The smallest absolute Gasteiger partial charge is 0.303 e. The zero-order valence-electron chi connectivity index (χ0n) is 17.3. The molecule has 2 aromatic rings. The molecule has 0 radical (unpaired) electrons. The second kappa shape index (κ2) is 10.4. The van der Waals surface area contributed by atoms with Crippen LogP contribution in [0.5, 0.6) is 0 Å². The van der Waals surface area contributed by atoms with Gasteiger partial charge in [0.15, 0.2) is 12.4 Å². The number of thioether (sulfide) groups is 1. The van der Waals surface area contributed by atoms with Gasteiger partial charge in [-0.2, -0.15) is 0 Å². The maximum atomic E-state index is 11.9. The molecule has 2 aromatic carbocycles. The molecule has 0 bridgehead atoms. The molecule has 0 aromatic heterocycles. The van der Waals surface area contributed by atoms with Gasteiger partial charge in [0.25, 0.3) is 0 Å². The van der Waals surface area contributed by atoms with Crippen LogP contribution >= 0.6 is 11.8 Å². The molecule has 0 N–H and O–H groups in total. The van der Waals surface area contributed by atoms with Gasteiger partial charge in [0.2, 0.25) is 0 Å². The lowest BCUT2D eigenvalue weighted by molar-refractivity contribution is -0.323. The van der Waals surface area contributed by atoms with E-state index in [0.717, 1.165) is 10.5 Å². The van der Waals surface area contributed by atoms with Gasteiger partial charge in [0.1, 0.15) is 23.7 Å². The summed E-state index contributed by atoms with van der Waals surface area (Å²) in [4.78, 5) is 13.0. The lowest BCUT2D eigenvalue weighted by Gasteiger charge is -2.48. The van der Waals surface area contributed by atoms with Crippen LogP contribution in [-0.2, 0) is 28.5 Å². The van der Waals surface area contributed by atoms with Crippen molar-refractivity contribution in [2.45, 2.75) is 48.0 Å². The summed E-state index contributed by atoms with van der Waals surface area (Å²) in [7, 11) is 0. The Morgan fingerprint density at radius 1 is 1.10 bits per heavy atom. The SMILES string of the molecule is C=CCO[C@@H]1[C@@H](OC(C)=O)[C@H](Sc2ccccc2)O[C@@H]2CO[C@@H](c3ccccc3)O[C@@H]12. The predicted molar refractivity (Wildman–Crippen MR) is 116 cm³/mol. The summed E-state index contributed by atoms with van der Waals surface area (Å²) in [6.07, 6.45) is -0.880.